The van der Waals surface area contributed by atoms with Crippen molar-refractivity contribution in [1.29, 1.82) is 0 Å². The van der Waals surface area contributed by atoms with E-state index in [-0.39, 0.29) is 11.7 Å². The summed E-state index contributed by atoms with van der Waals surface area (Å²) in [7, 11) is 2.24. The molecule has 2 aliphatic rings. The molecule has 2 aromatic carbocycles. The largest absolute Gasteiger partial charge is 0.490 e. The molecule has 3 atom stereocenters. The zero-order valence-electron chi connectivity index (χ0n) is 18.3. The molecular formula is C26H24ClN3O2S. The Morgan fingerprint density at radius 2 is 1.73 bits per heavy atom. The van der Waals surface area contributed by atoms with Gasteiger partial charge < -0.3 is 9.64 Å². The minimum absolute atomic E-state index is 0.0641. The third-order valence-electron chi connectivity index (χ3n) is 7.04. The van der Waals surface area contributed by atoms with Crippen LogP contribution in [0.3, 0.4) is 0 Å². The van der Waals surface area contributed by atoms with Gasteiger partial charge in [-0.2, -0.15) is 0 Å². The van der Waals surface area contributed by atoms with E-state index in [2.05, 4.69) is 16.9 Å². The third kappa shape index (κ3) is 3.86. The fraction of sp³-hybridized carbons (Fsp3) is 0.308. The van der Waals surface area contributed by atoms with Gasteiger partial charge in [-0.25, -0.2) is 4.98 Å². The quantitative estimate of drug-likeness (QED) is 0.374. The van der Waals surface area contributed by atoms with E-state index in [0.29, 0.717) is 27.3 Å². The number of benzene rings is 2. The van der Waals surface area contributed by atoms with Crippen molar-refractivity contribution in [2.24, 2.45) is 0 Å². The summed E-state index contributed by atoms with van der Waals surface area (Å²) in [6, 6.07) is 18.7. The van der Waals surface area contributed by atoms with Gasteiger partial charge in [0.15, 0.2) is 0 Å². The minimum Gasteiger partial charge on any atom is -0.490 e. The van der Waals surface area contributed by atoms with Crippen LogP contribution in [0, 0.1) is 0 Å². The number of nitrogens with zero attached hydrogens (tertiary/aromatic N) is 3. The molecule has 2 aromatic heterocycles. The topological polar surface area (TPSA) is 47.4 Å². The van der Waals surface area contributed by atoms with Crippen molar-refractivity contribution >= 4 is 33.2 Å². The Morgan fingerprint density at radius 1 is 1.03 bits per heavy atom. The lowest BCUT2D eigenvalue weighted by atomic mass is 10.0. The summed E-state index contributed by atoms with van der Waals surface area (Å²) in [5, 5.41) is 0.691. The van der Waals surface area contributed by atoms with Gasteiger partial charge in [0, 0.05) is 22.0 Å². The number of hydrogen-bond donors (Lipinski definition) is 0. The standard InChI is InChI=1S/C26H24ClN3O2S/c1-29-19-6-7-20(29)13-22(12-19)32-21-10-8-18(9-11-21)30-15-28-23-14-24(33-25(23)26(30)31)16-2-4-17(27)5-3-16/h2-5,8-11,14-15,19-20,22H,6-7,12-13H2,1H3/t19-,20+,22+. The summed E-state index contributed by atoms with van der Waals surface area (Å²) in [6.07, 6.45) is 6.60. The van der Waals surface area contributed by atoms with Gasteiger partial charge in [0.1, 0.15) is 22.9 Å². The van der Waals surface area contributed by atoms with Crippen molar-refractivity contribution in [2.75, 3.05) is 7.05 Å². The molecule has 2 saturated heterocycles. The zero-order chi connectivity index (χ0) is 22.5. The minimum atomic E-state index is -0.0641. The summed E-state index contributed by atoms with van der Waals surface area (Å²) in [6.45, 7) is 0. The Kier molecular flexibility index (Phi) is 5.24. The molecule has 4 aromatic rings. The van der Waals surface area contributed by atoms with Crippen LogP contribution in [0.4, 0.5) is 0 Å². The lowest BCUT2D eigenvalue weighted by molar-refractivity contribution is 0.0662. The van der Waals surface area contributed by atoms with E-state index < -0.39 is 0 Å². The Balaban J connectivity index is 1.24. The van der Waals surface area contributed by atoms with Gasteiger partial charge in [-0.1, -0.05) is 23.7 Å². The molecule has 33 heavy (non-hydrogen) atoms. The van der Waals surface area contributed by atoms with Crippen molar-refractivity contribution < 1.29 is 4.74 Å². The first-order chi connectivity index (χ1) is 16.0. The van der Waals surface area contributed by atoms with Gasteiger partial charge in [-0.15, -0.1) is 11.3 Å². The summed E-state index contributed by atoms with van der Waals surface area (Å²) >= 11 is 7.46. The first-order valence-corrected chi connectivity index (χ1v) is 12.5. The van der Waals surface area contributed by atoms with Crippen LogP contribution in [-0.4, -0.2) is 39.7 Å². The van der Waals surface area contributed by atoms with E-state index in [1.807, 2.05) is 54.6 Å². The van der Waals surface area contributed by atoms with Crippen molar-refractivity contribution in [3.63, 3.8) is 0 Å². The van der Waals surface area contributed by atoms with Crippen molar-refractivity contribution in [3.05, 3.63) is 76.3 Å². The van der Waals surface area contributed by atoms with E-state index in [1.54, 1.807) is 10.9 Å². The molecule has 168 valence electrons. The van der Waals surface area contributed by atoms with Crippen LogP contribution in [0.5, 0.6) is 5.75 Å². The maximum absolute atomic E-state index is 13.2. The Bertz CT molecular complexity index is 1350. The maximum Gasteiger partial charge on any atom is 0.275 e. The highest BCUT2D eigenvalue weighted by molar-refractivity contribution is 7.22. The number of piperidine rings is 1. The lowest BCUT2D eigenvalue weighted by Gasteiger charge is -2.36. The van der Waals surface area contributed by atoms with Crippen molar-refractivity contribution in [3.8, 4) is 21.9 Å². The predicted molar refractivity (Wildman–Crippen MR) is 134 cm³/mol. The number of aromatic nitrogens is 2. The first kappa shape index (κ1) is 20.9. The van der Waals surface area contributed by atoms with Crippen LogP contribution in [0.1, 0.15) is 25.7 Å². The number of hydrogen-bond acceptors (Lipinski definition) is 5. The average molecular weight is 478 g/mol. The zero-order valence-corrected chi connectivity index (χ0v) is 19.9. The van der Waals surface area contributed by atoms with Gasteiger partial charge >= 0.3 is 0 Å². The lowest BCUT2D eigenvalue weighted by Crippen LogP contribution is -2.43. The highest BCUT2D eigenvalue weighted by atomic mass is 35.5. The van der Waals surface area contributed by atoms with E-state index in [4.69, 9.17) is 16.3 Å². The Hall–Kier alpha value is -2.67. The van der Waals surface area contributed by atoms with Gasteiger partial charge in [0.2, 0.25) is 0 Å². The summed E-state index contributed by atoms with van der Waals surface area (Å²) in [4.78, 5) is 21.3. The highest BCUT2D eigenvalue weighted by Gasteiger charge is 2.39. The average Bonchev–Trinajstić information content (AvgIpc) is 3.33. The molecule has 2 aliphatic heterocycles. The van der Waals surface area contributed by atoms with Crippen molar-refractivity contribution in [1.82, 2.24) is 14.5 Å². The Morgan fingerprint density at radius 3 is 2.42 bits per heavy atom. The number of thiophene rings is 1. The maximum atomic E-state index is 13.2. The molecular weight excluding hydrogens is 454 g/mol. The molecule has 4 heterocycles. The molecule has 0 saturated carbocycles. The van der Waals surface area contributed by atoms with Crippen molar-refractivity contribution in [2.45, 2.75) is 43.9 Å². The van der Waals surface area contributed by atoms with Crippen LogP contribution in [-0.2, 0) is 0 Å². The Labute approximate surface area is 201 Å². The van der Waals surface area contributed by atoms with Crippen LogP contribution in [0.25, 0.3) is 26.3 Å². The molecule has 7 heteroatoms. The normalized spacial score (nSPS) is 22.7. The molecule has 5 nitrogen and oxygen atoms in total. The monoisotopic (exact) mass is 477 g/mol. The number of fused-ring (bicyclic) bond motifs is 3. The second-order valence-corrected chi connectivity index (χ2v) is 10.5. The SMILES string of the molecule is CN1[C@@H]2CC[C@H]1C[C@@H](Oc1ccc(-n3cnc4cc(-c5ccc(Cl)cc5)sc4c3=O)cc1)C2. The summed E-state index contributed by atoms with van der Waals surface area (Å²) in [5.74, 6) is 0.857. The predicted octanol–water partition coefficient (Wildman–Crippen LogP) is 5.77. The number of halogens is 1. The third-order valence-corrected chi connectivity index (χ3v) is 8.45. The molecule has 2 fully saturated rings. The molecule has 2 bridgehead atoms. The fourth-order valence-electron chi connectivity index (χ4n) is 5.19. The molecule has 0 amide bonds. The van der Waals surface area contributed by atoms with E-state index in [9.17, 15) is 4.79 Å². The van der Waals surface area contributed by atoms with Gasteiger partial charge in [-0.05, 0) is 80.8 Å². The van der Waals surface area contributed by atoms with E-state index in [0.717, 1.165) is 34.7 Å². The van der Waals surface area contributed by atoms with Crippen LogP contribution < -0.4 is 10.3 Å². The molecule has 0 spiro atoms. The van der Waals surface area contributed by atoms with E-state index >= 15 is 0 Å². The molecule has 6 rings (SSSR count). The first-order valence-electron chi connectivity index (χ1n) is 11.3. The second-order valence-electron chi connectivity index (χ2n) is 9.01. The smallest absolute Gasteiger partial charge is 0.275 e. The fourth-order valence-corrected chi connectivity index (χ4v) is 6.36. The highest BCUT2D eigenvalue weighted by Crippen LogP contribution is 2.36. The number of rotatable bonds is 4. The summed E-state index contributed by atoms with van der Waals surface area (Å²) in [5.41, 5.74) is 2.46. The van der Waals surface area contributed by atoms with Crippen LogP contribution in [0.2, 0.25) is 5.02 Å². The summed E-state index contributed by atoms with van der Waals surface area (Å²) < 4.78 is 8.54. The molecule has 0 unspecified atom stereocenters. The van der Waals surface area contributed by atoms with Gasteiger partial charge in [0.25, 0.3) is 5.56 Å². The molecule has 0 radical (unpaired) electrons. The van der Waals surface area contributed by atoms with Crippen LogP contribution in [0.15, 0.2) is 65.7 Å². The van der Waals surface area contributed by atoms with Crippen LogP contribution >= 0.6 is 22.9 Å². The second kappa shape index (κ2) is 8.28. The van der Waals surface area contributed by atoms with E-state index in [1.165, 1.54) is 24.2 Å². The molecule has 0 aliphatic carbocycles. The van der Waals surface area contributed by atoms with Gasteiger partial charge in [0.05, 0.1) is 11.2 Å². The number of ether oxygens (including phenoxy) is 1. The molecule has 0 N–H and O–H groups in total. The van der Waals surface area contributed by atoms with Gasteiger partial charge in [-0.3, -0.25) is 9.36 Å².